The highest BCUT2D eigenvalue weighted by Crippen LogP contribution is 2.46. The summed E-state index contributed by atoms with van der Waals surface area (Å²) < 4.78 is 6.16. The summed E-state index contributed by atoms with van der Waals surface area (Å²) in [6.45, 7) is 0.830. The van der Waals surface area contributed by atoms with Gasteiger partial charge in [-0.15, -0.1) is 0 Å². The maximum Gasteiger partial charge on any atom is 0.327 e. The van der Waals surface area contributed by atoms with Gasteiger partial charge in [0.2, 0.25) is 5.72 Å². The third kappa shape index (κ3) is 2.84. The average molecular weight is 399 g/mol. The summed E-state index contributed by atoms with van der Waals surface area (Å²) in [6.07, 6.45) is 1.61. The Balaban J connectivity index is 1.70. The average Bonchev–Trinajstić information content (AvgIpc) is 3.14. The van der Waals surface area contributed by atoms with Crippen LogP contribution in [0.2, 0.25) is 0 Å². The van der Waals surface area contributed by atoms with E-state index in [2.05, 4.69) is 10.3 Å². The van der Waals surface area contributed by atoms with E-state index < -0.39 is 17.8 Å². The maximum absolute atomic E-state index is 13.5. The van der Waals surface area contributed by atoms with Crippen LogP contribution in [0.3, 0.4) is 0 Å². The maximum atomic E-state index is 13.5. The van der Waals surface area contributed by atoms with Gasteiger partial charge < -0.3 is 10.1 Å². The van der Waals surface area contributed by atoms with Gasteiger partial charge in [0.25, 0.3) is 0 Å². The van der Waals surface area contributed by atoms with Crippen LogP contribution in [-0.4, -0.2) is 46.8 Å². The molecule has 2 aliphatic heterocycles. The highest BCUT2D eigenvalue weighted by Gasteiger charge is 2.60. The quantitative estimate of drug-likeness (QED) is 0.537. The van der Waals surface area contributed by atoms with Crippen LogP contribution in [-0.2, 0) is 15.3 Å². The van der Waals surface area contributed by atoms with Gasteiger partial charge in [0.1, 0.15) is 11.7 Å². The second-order valence-electron chi connectivity index (χ2n) is 7.47. The first kappa shape index (κ1) is 18.7. The third-order valence-corrected chi connectivity index (χ3v) is 5.78. The number of fused-ring (bicyclic) bond motifs is 1. The Labute approximate surface area is 174 Å². The molecule has 1 aromatic heterocycles. The van der Waals surface area contributed by atoms with Crippen molar-refractivity contribution in [2.24, 2.45) is 0 Å². The number of carbonyl (C=O) groups is 2. The number of Topliss-reactive ketones (excluding diaryl/α,β-unsaturated/α-hetero) is 1. The van der Waals surface area contributed by atoms with Crippen LogP contribution in [0.5, 0.6) is 0 Å². The Morgan fingerprint density at radius 1 is 0.933 bits per heavy atom. The molecule has 6 heteroatoms. The monoisotopic (exact) mass is 399 g/mol. The van der Waals surface area contributed by atoms with Crippen molar-refractivity contribution in [1.29, 1.82) is 0 Å². The van der Waals surface area contributed by atoms with Crippen LogP contribution in [0, 0.1) is 0 Å². The molecular formula is C24H21N3O3. The Bertz CT molecular complexity index is 1020. The number of benzene rings is 2. The van der Waals surface area contributed by atoms with Crippen LogP contribution >= 0.6 is 0 Å². The molecule has 0 aliphatic carbocycles. The minimum atomic E-state index is -1.18. The van der Waals surface area contributed by atoms with Gasteiger partial charge in [-0.25, -0.2) is 4.90 Å². The fourth-order valence-electron chi connectivity index (χ4n) is 4.48. The summed E-state index contributed by atoms with van der Waals surface area (Å²) in [5.74, 6) is -0.476. The van der Waals surface area contributed by atoms with Crippen LogP contribution in [0.15, 0.2) is 85.1 Å². The van der Waals surface area contributed by atoms with Crippen molar-refractivity contribution in [2.75, 3.05) is 13.1 Å². The molecule has 6 nitrogen and oxygen atoms in total. The first-order valence-corrected chi connectivity index (χ1v) is 10.00. The van der Waals surface area contributed by atoms with Gasteiger partial charge in [-0.1, -0.05) is 66.7 Å². The molecule has 0 spiro atoms. The van der Waals surface area contributed by atoms with Crippen LogP contribution in [0.4, 0.5) is 0 Å². The molecule has 1 N–H and O–H groups in total. The smallest absolute Gasteiger partial charge is 0.327 e. The summed E-state index contributed by atoms with van der Waals surface area (Å²) in [5, 5.41) is 3.24. The molecule has 3 heterocycles. The number of hydrogen-bond acceptors (Lipinski definition) is 6. The van der Waals surface area contributed by atoms with Gasteiger partial charge in [0, 0.05) is 30.4 Å². The molecule has 2 aromatic carbocycles. The fourth-order valence-corrected chi connectivity index (χ4v) is 4.48. The fraction of sp³-hybridized carbons (Fsp3) is 0.208. The standard InChI is InChI=1S/C24H21N3O3/c28-22(19-13-7-8-14-26-19)20-15-25-16-21-23(29)30-24(27(20)21,17-9-3-1-4-10-17)18-11-5-2-6-12-18/h1-14,20-21,25H,15-16H2. The van der Waals surface area contributed by atoms with E-state index in [9.17, 15) is 9.59 Å². The van der Waals surface area contributed by atoms with Gasteiger partial charge in [0.15, 0.2) is 5.78 Å². The number of cyclic esters (lactones) is 1. The van der Waals surface area contributed by atoms with Crippen molar-refractivity contribution in [3.8, 4) is 0 Å². The normalized spacial score (nSPS) is 22.9. The lowest BCUT2D eigenvalue weighted by atomic mass is 9.89. The molecule has 0 amide bonds. The molecule has 0 radical (unpaired) electrons. The first-order valence-electron chi connectivity index (χ1n) is 10.00. The molecule has 2 saturated heterocycles. The Morgan fingerprint density at radius 2 is 1.57 bits per heavy atom. The number of pyridine rings is 1. The predicted molar refractivity (Wildman–Crippen MR) is 111 cm³/mol. The molecule has 150 valence electrons. The van der Waals surface area contributed by atoms with Crippen molar-refractivity contribution in [3.05, 3.63) is 102 Å². The number of nitrogens with zero attached hydrogens (tertiary/aromatic N) is 2. The van der Waals surface area contributed by atoms with Crippen molar-refractivity contribution < 1.29 is 14.3 Å². The number of rotatable bonds is 4. The van der Waals surface area contributed by atoms with E-state index in [1.807, 2.05) is 65.6 Å². The number of nitrogens with one attached hydrogen (secondary N) is 1. The van der Waals surface area contributed by atoms with Gasteiger partial charge >= 0.3 is 5.97 Å². The number of ether oxygens (including phenoxy) is 1. The number of hydrogen-bond donors (Lipinski definition) is 1. The topological polar surface area (TPSA) is 71.5 Å². The minimum Gasteiger partial charge on any atom is -0.434 e. The number of piperazine rings is 1. The highest BCUT2D eigenvalue weighted by molar-refractivity contribution is 5.99. The zero-order valence-corrected chi connectivity index (χ0v) is 16.3. The van der Waals surface area contributed by atoms with Gasteiger partial charge in [-0.05, 0) is 12.1 Å². The summed E-state index contributed by atoms with van der Waals surface area (Å²) in [7, 11) is 0. The molecule has 2 atom stereocenters. The first-order chi connectivity index (χ1) is 14.7. The zero-order chi connectivity index (χ0) is 20.6. The number of aromatic nitrogens is 1. The number of esters is 1. The van der Waals surface area contributed by atoms with Crippen molar-refractivity contribution in [1.82, 2.24) is 15.2 Å². The van der Waals surface area contributed by atoms with Crippen molar-refractivity contribution in [3.63, 3.8) is 0 Å². The number of ketones is 1. The van der Waals surface area contributed by atoms with Gasteiger partial charge in [-0.2, -0.15) is 0 Å². The Hall–Kier alpha value is -3.35. The SMILES string of the molecule is O=C1OC(c2ccccc2)(c2ccccc2)N2C1CNCC2C(=O)c1ccccn1. The Kier molecular flexibility index (Phi) is 4.65. The van der Waals surface area contributed by atoms with Crippen molar-refractivity contribution >= 4 is 11.8 Å². The van der Waals surface area contributed by atoms with Crippen LogP contribution in [0.1, 0.15) is 21.6 Å². The van der Waals surface area contributed by atoms with E-state index in [0.717, 1.165) is 11.1 Å². The predicted octanol–water partition coefficient (Wildman–Crippen LogP) is 2.36. The minimum absolute atomic E-state index is 0.137. The van der Waals surface area contributed by atoms with Gasteiger partial charge in [0.05, 0.1) is 6.04 Å². The Morgan fingerprint density at radius 3 is 2.17 bits per heavy atom. The molecule has 0 bridgehead atoms. The van der Waals surface area contributed by atoms with Crippen molar-refractivity contribution in [2.45, 2.75) is 17.8 Å². The molecule has 0 saturated carbocycles. The second-order valence-corrected chi connectivity index (χ2v) is 7.47. The van der Waals surface area contributed by atoms with Gasteiger partial charge in [-0.3, -0.25) is 14.6 Å². The van der Waals surface area contributed by atoms with Crippen LogP contribution < -0.4 is 5.32 Å². The zero-order valence-electron chi connectivity index (χ0n) is 16.3. The van der Waals surface area contributed by atoms with E-state index in [0.29, 0.717) is 18.8 Å². The van der Waals surface area contributed by atoms with Crippen LogP contribution in [0.25, 0.3) is 0 Å². The summed E-state index contributed by atoms with van der Waals surface area (Å²) in [5.41, 5.74) is 0.821. The molecule has 30 heavy (non-hydrogen) atoms. The molecular weight excluding hydrogens is 378 g/mol. The van der Waals surface area contributed by atoms with E-state index in [1.54, 1.807) is 24.4 Å². The molecule has 2 unspecified atom stereocenters. The lowest BCUT2D eigenvalue weighted by Crippen LogP contribution is -2.64. The molecule has 2 aliphatic rings. The lowest BCUT2D eigenvalue weighted by molar-refractivity contribution is -0.150. The van der Waals surface area contributed by atoms with E-state index in [1.165, 1.54) is 0 Å². The largest absolute Gasteiger partial charge is 0.434 e. The summed E-state index contributed by atoms with van der Waals surface area (Å²) in [6, 6.07) is 23.4. The molecule has 3 aromatic rings. The van der Waals surface area contributed by atoms with E-state index >= 15 is 0 Å². The van der Waals surface area contributed by atoms with E-state index in [4.69, 9.17) is 4.74 Å². The lowest BCUT2D eigenvalue weighted by Gasteiger charge is -2.44. The summed E-state index contributed by atoms with van der Waals surface area (Å²) in [4.78, 5) is 32.7. The second kappa shape index (κ2) is 7.48. The summed E-state index contributed by atoms with van der Waals surface area (Å²) >= 11 is 0. The molecule has 5 rings (SSSR count). The highest BCUT2D eigenvalue weighted by atomic mass is 16.6. The number of carbonyl (C=O) groups excluding carboxylic acids is 2. The third-order valence-electron chi connectivity index (χ3n) is 5.78. The van der Waals surface area contributed by atoms with E-state index in [-0.39, 0.29) is 11.8 Å². The molecule has 2 fully saturated rings.